The number of ketones is 1. The molecule has 0 aliphatic rings. The van der Waals surface area contributed by atoms with E-state index in [9.17, 15) is 9.59 Å². The quantitative estimate of drug-likeness (QED) is 0.741. The van der Waals surface area contributed by atoms with E-state index in [-0.39, 0.29) is 18.1 Å². The zero-order chi connectivity index (χ0) is 17.3. The number of aryl methyl sites for hydroxylation is 2. The number of hydrogen-bond acceptors (Lipinski definition) is 4. The van der Waals surface area contributed by atoms with Gasteiger partial charge in [-0.1, -0.05) is 17.3 Å². The minimum Gasteiger partial charge on any atom is -0.356 e. The number of nitrogens with zero attached hydrogens (tertiary/aromatic N) is 1. The van der Waals surface area contributed by atoms with Crippen molar-refractivity contribution in [2.24, 2.45) is 0 Å². The summed E-state index contributed by atoms with van der Waals surface area (Å²) >= 11 is 0. The molecule has 0 aliphatic carbocycles. The van der Waals surface area contributed by atoms with Gasteiger partial charge in [0.1, 0.15) is 5.69 Å². The van der Waals surface area contributed by atoms with Gasteiger partial charge in [0.2, 0.25) is 5.91 Å². The molecule has 0 bridgehead atoms. The maximum atomic E-state index is 12.3. The van der Waals surface area contributed by atoms with Crippen LogP contribution in [0.25, 0.3) is 11.0 Å². The fraction of sp³-hybridized carbons (Fsp3) is 0.211. The van der Waals surface area contributed by atoms with Crippen LogP contribution in [0.4, 0.5) is 5.69 Å². The Morgan fingerprint density at radius 3 is 2.62 bits per heavy atom. The average molecular weight is 322 g/mol. The predicted octanol–water partition coefficient (Wildman–Crippen LogP) is 3.83. The lowest BCUT2D eigenvalue weighted by atomic mass is 10.1. The summed E-state index contributed by atoms with van der Waals surface area (Å²) in [6.07, 6.45) is 0.111. The summed E-state index contributed by atoms with van der Waals surface area (Å²) in [5.74, 6) is -0.247. The molecule has 122 valence electrons. The van der Waals surface area contributed by atoms with Crippen molar-refractivity contribution >= 4 is 28.3 Å². The number of aromatic nitrogens is 1. The van der Waals surface area contributed by atoms with Crippen LogP contribution in [-0.4, -0.2) is 16.8 Å². The second-order valence-electron chi connectivity index (χ2n) is 5.92. The smallest absolute Gasteiger partial charge is 0.230 e. The minimum atomic E-state index is -0.205. The third kappa shape index (κ3) is 3.20. The Morgan fingerprint density at radius 2 is 1.88 bits per heavy atom. The third-order valence-electron chi connectivity index (χ3n) is 4.04. The monoisotopic (exact) mass is 322 g/mol. The predicted molar refractivity (Wildman–Crippen MR) is 92.3 cm³/mol. The minimum absolute atomic E-state index is 0.0422. The molecule has 24 heavy (non-hydrogen) atoms. The van der Waals surface area contributed by atoms with Crippen LogP contribution in [-0.2, 0) is 11.2 Å². The Bertz CT molecular complexity index is 941. The molecular formula is C19H18N2O3. The lowest BCUT2D eigenvalue weighted by Crippen LogP contribution is -2.15. The number of fused-ring (bicyclic) bond motifs is 1. The number of amides is 1. The van der Waals surface area contributed by atoms with Crippen molar-refractivity contribution in [1.29, 1.82) is 0 Å². The molecule has 0 saturated heterocycles. The van der Waals surface area contributed by atoms with E-state index in [0.717, 1.165) is 16.5 Å². The van der Waals surface area contributed by atoms with E-state index in [2.05, 4.69) is 10.5 Å². The normalized spacial score (nSPS) is 10.8. The molecule has 0 aliphatic heterocycles. The molecule has 3 rings (SSSR count). The summed E-state index contributed by atoms with van der Waals surface area (Å²) in [7, 11) is 0. The highest BCUT2D eigenvalue weighted by Crippen LogP contribution is 2.23. The first-order valence-electron chi connectivity index (χ1n) is 7.70. The van der Waals surface area contributed by atoms with Crippen molar-refractivity contribution < 1.29 is 14.1 Å². The average Bonchev–Trinajstić information content (AvgIpc) is 2.90. The number of hydrogen-bond donors (Lipinski definition) is 1. The second-order valence-corrected chi connectivity index (χ2v) is 5.92. The van der Waals surface area contributed by atoms with Gasteiger partial charge in [-0.25, -0.2) is 0 Å². The summed E-state index contributed by atoms with van der Waals surface area (Å²) in [6, 6.07) is 10.8. The van der Waals surface area contributed by atoms with Crippen molar-refractivity contribution in [1.82, 2.24) is 5.16 Å². The molecule has 0 unspecified atom stereocenters. The molecule has 3 aromatic rings. The van der Waals surface area contributed by atoms with Crippen molar-refractivity contribution in [3.05, 3.63) is 58.8 Å². The topological polar surface area (TPSA) is 72.2 Å². The molecule has 1 heterocycles. The van der Waals surface area contributed by atoms with Gasteiger partial charge in [-0.15, -0.1) is 0 Å². The molecule has 0 atom stereocenters. The van der Waals surface area contributed by atoms with Gasteiger partial charge < -0.3 is 9.84 Å². The highest BCUT2D eigenvalue weighted by atomic mass is 16.5. The van der Waals surface area contributed by atoms with Crippen molar-refractivity contribution in [3.8, 4) is 0 Å². The molecular weight excluding hydrogens is 304 g/mol. The number of nitrogens with one attached hydrogen (secondary N) is 1. The molecule has 1 N–H and O–H groups in total. The first kappa shape index (κ1) is 15.9. The van der Waals surface area contributed by atoms with Crippen LogP contribution < -0.4 is 5.32 Å². The molecule has 5 nitrogen and oxygen atoms in total. The first-order chi connectivity index (χ1) is 11.4. The molecule has 0 spiro atoms. The van der Waals surface area contributed by atoms with Crippen LogP contribution in [0, 0.1) is 13.8 Å². The Kier molecular flexibility index (Phi) is 4.16. The Hall–Kier alpha value is -2.95. The fourth-order valence-corrected chi connectivity index (χ4v) is 2.54. The number of carbonyl (C=O) groups excluding carboxylic acids is 2. The molecule has 1 amide bonds. The second kappa shape index (κ2) is 6.28. The molecule has 0 fully saturated rings. The Morgan fingerprint density at radius 1 is 1.12 bits per heavy atom. The van der Waals surface area contributed by atoms with Crippen LogP contribution in [0.1, 0.15) is 34.1 Å². The lowest BCUT2D eigenvalue weighted by Gasteiger charge is -2.05. The summed E-state index contributed by atoms with van der Waals surface area (Å²) in [4.78, 5) is 23.7. The fourth-order valence-electron chi connectivity index (χ4n) is 2.54. The number of carbonyl (C=O) groups is 2. The molecule has 0 saturated carbocycles. The highest BCUT2D eigenvalue weighted by molar-refractivity contribution is 5.98. The van der Waals surface area contributed by atoms with E-state index in [1.165, 1.54) is 6.92 Å². The van der Waals surface area contributed by atoms with E-state index in [0.29, 0.717) is 22.5 Å². The number of anilines is 1. The van der Waals surface area contributed by atoms with E-state index >= 15 is 0 Å². The molecule has 2 aromatic carbocycles. The maximum Gasteiger partial charge on any atom is 0.230 e. The zero-order valence-corrected chi connectivity index (χ0v) is 13.8. The summed E-state index contributed by atoms with van der Waals surface area (Å²) in [6.45, 7) is 5.51. The third-order valence-corrected chi connectivity index (χ3v) is 4.04. The van der Waals surface area contributed by atoms with Gasteiger partial charge in [0.05, 0.1) is 6.42 Å². The SMILES string of the molecule is CC(=O)c1cccc(NC(=O)Cc2noc3cc(C)c(C)cc23)c1. The Labute approximate surface area is 139 Å². The van der Waals surface area contributed by atoms with Gasteiger partial charge in [0.15, 0.2) is 11.4 Å². The number of rotatable bonds is 4. The van der Waals surface area contributed by atoms with Gasteiger partial charge in [-0.3, -0.25) is 9.59 Å². The highest BCUT2D eigenvalue weighted by Gasteiger charge is 2.14. The van der Waals surface area contributed by atoms with Gasteiger partial charge in [-0.2, -0.15) is 0 Å². The van der Waals surface area contributed by atoms with Crippen molar-refractivity contribution in [2.45, 2.75) is 27.2 Å². The summed E-state index contributed by atoms with van der Waals surface area (Å²) in [5.41, 5.74) is 4.68. The molecule has 0 radical (unpaired) electrons. The zero-order valence-electron chi connectivity index (χ0n) is 13.8. The van der Waals surface area contributed by atoms with Crippen LogP contribution in [0.5, 0.6) is 0 Å². The molecule has 5 heteroatoms. The lowest BCUT2D eigenvalue weighted by molar-refractivity contribution is -0.115. The summed E-state index contributed by atoms with van der Waals surface area (Å²) < 4.78 is 5.31. The standard InChI is InChI=1S/C19H18N2O3/c1-11-7-16-17(21-24-18(16)8-12(11)2)10-19(23)20-15-6-4-5-14(9-15)13(3)22/h4-9H,10H2,1-3H3,(H,20,23). The Balaban J connectivity index is 1.79. The van der Waals surface area contributed by atoms with Crippen LogP contribution in [0.3, 0.4) is 0 Å². The van der Waals surface area contributed by atoms with Crippen LogP contribution >= 0.6 is 0 Å². The van der Waals surface area contributed by atoms with E-state index in [1.807, 2.05) is 26.0 Å². The van der Waals surface area contributed by atoms with E-state index < -0.39 is 0 Å². The van der Waals surface area contributed by atoms with E-state index in [1.54, 1.807) is 24.3 Å². The van der Waals surface area contributed by atoms with Crippen molar-refractivity contribution in [3.63, 3.8) is 0 Å². The van der Waals surface area contributed by atoms with Crippen molar-refractivity contribution in [2.75, 3.05) is 5.32 Å². The van der Waals surface area contributed by atoms with Gasteiger partial charge in [-0.05, 0) is 56.2 Å². The number of benzene rings is 2. The summed E-state index contributed by atoms with van der Waals surface area (Å²) in [5, 5.41) is 7.66. The van der Waals surface area contributed by atoms with Gasteiger partial charge in [0.25, 0.3) is 0 Å². The largest absolute Gasteiger partial charge is 0.356 e. The first-order valence-corrected chi connectivity index (χ1v) is 7.70. The maximum absolute atomic E-state index is 12.3. The van der Waals surface area contributed by atoms with Crippen LogP contribution in [0.15, 0.2) is 40.9 Å². The van der Waals surface area contributed by atoms with Gasteiger partial charge in [0, 0.05) is 16.6 Å². The molecule has 1 aromatic heterocycles. The van der Waals surface area contributed by atoms with E-state index in [4.69, 9.17) is 4.52 Å². The number of Topliss-reactive ketones (excluding diaryl/α,β-unsaturated/α-hetero) is 1. The van der Waals surface area contributed by atoms with Crippen LogP contribution in [0.2, 0.25) is 0 Å². The van der Waals surface area contributed by atoms with Gasteiger partial charge >= 0.3 is 0 Å².